The van der Waals surface area contributed by atoms with Crippen molar-refractivity contribution in [1.82, 2.24) is 0 Å². The predicted octanol–water partition coefficient (Wildman–Crippen LogP) is 2.54. The van der Waals surface area contributed by atoms with E-state index in [0.717, 1.165) is 18.9 Å². The van der Waals surface area contributed by atoms with Crippen molar-refractivity contribution in [3.05, 3.63) is 24.3 Å². The maximum absolute atomic E-state index is 11.4. The summed E-state index contributed by atoms with van der Waals surface area (Å²) in [7, 11) is 0. The van der Waals surface area contributed by atoms with Crippen molar-refractivity contribution in [2.45, 2.75) is 39.5 Å². The molecule has 0 heterocycles. The summed E-state index contributed by atoms with van der Waals surface area (Å²) in [5.41, 5.74) is 0.264. The van der Waals surface area contributed by atoms with Crippen LogP contribution in [0.25, 0.3) is 0 Å². The van der Waals surface area contributed by atoms with E-state index in [9.17, 15) is 14.4 Å². The van der Waals surface area contributed by atoms with Gasteiger partial charge >= 0.3 is 5.97 Å². The number of carbonyl (C=O) groups is 3. The Kier molecular flexibility index (Phi) is 7.59. The molecule has 1 atom stereocenters. The summed E-state index contributed by atoms with van der Waals surface area (Å²) in [5, 5.41) is 8.99. The van der Waals surface area contributed by atoms with Gasteiger partial charge in [0.25, 0.3) is 0 Å². The Labute approximate surface area is 107 Å². The molecule has 0 amide bonds. The number of rotatable bonds is 9. The molecule has 0 aliphatic carbocycles. The van der Waals surface area contributed by atoms with Gasteiger partial charge < -0.3 is 5.11 Å². The molecule has 4 heteroatoms. The molecule has 1 unspecified atom stereocenters. The van der Waals surface area contributed by atoms with Gasteiger partial charge in [-0.25, -0.2) is 4.79 Å². The lowest BCUT2D eigenvalue weighted by Gasteiger charge is -2.08. The molecule has 0 saturated carbocycles. The average molecular weight is 252 g/mol. The Bertz CT molecular complexity index is 366. The Morgan fingerprint density at radius 2 is 1.94 bits per heavy atom. The van der Waals surface area contributed by atoms with E-state index in [1.54, 1.807) is 0 Å². The fourth-order valence-electron chi connectivity index (χ4n) is 1.55. The first-order valence-corrected chi connectivity index (χ1v) is 6.03. The van der Waals surface area contributed by atoms with E-state index in [1.807, 2.05) is 6.92 Å². The van der Waals surface area contributed by atoms with Crippen molar-refractivity contribution in [3.8, 4) is 0 Å². The van der Waals surface area contributed by atoms with Crippen LogP contribution in [-0.2, 0) is 14.4 Å². The van der Waals surface area contributed by atoms with Gasteiger partial charge in [-0.3, -0.25) is 9.59 Å². The molecular formula is C14H20O4. The second-order valence-electron chi connectivity index (χ2n) is 4.14. The number of unbranched alkanes of at least 4 members (excludes halogenated alkanes) is 1. The third-order valence-electron chi connectivity index (χ3n) is 2.71. The van der Waals surface area contributed by atoms with Crippen molar-refractivity contribution < 1.29 is 19.5 Å². The first-order valence-electron chi connectivity index (χ1n) is 6.03. The third-order valence-corrected chi connectivity index (χ3v) is 2.71. The zero-order valence-electron chi connectivity index (χ0n) is 10.9. The van der Waals surface area contributed by atoms with Gasteiger partial charge in [-0.1, -0.05) is 26.0 Å². The number of carboxylic acid groups (broad SMARTS) is 1. The minimum atomic E-state index is -0.989. The second-order valence-corrected chi connectivity index (χ2v) is 4.14. The minimum Gasteiger partial charge on any atom is -0.478 e. The van der Waals surface area contributed by atoms with E-state index >= 15 is 0 Å². The maximum atomic E-state index is 11.4. The standard InChI is InChI=1S/C14H20O4/c1-4-6-7-11(14(17)18)8-9-12(10(3)15)13(16)5-2/h5,8,12H,2,4,6-7,9H2,1,3H3,(H,17,18). The zero-order chi connectivity index (χ0) is 14.1. The van der Waals surface area contributed by atoms with E-state index in [1.165, 1.54) is 13.0 Å². The summed E-state index contributed by atoms with van der Waals surface area (Å²) in [6, 6.07) is 0. The molecule has 0 spiro atoms. The van der Waals surface area contributed by atoms with Gasteiger partial charge in [0, 0.05) is 5.57 Å². The van der Waals surface area contributed by atoms with E-state index in [0.29, 0.717) is 6.42 Å². The zero-order valence-corrected chi connectivity index (χ0v) is 10.9. The first-order chi connectivity index (χ1) is 8.43. The molecule has 0 saturated heterocycles. The molecule has 0 fully saturated rings. The number of hydrogen-bond donors (Lipinski definition) is 1. The van der Waals surface area contributed by atoms with E-state index in [-0.39, 0.29) is 23.6 Å². The number of carbonyl (C=O) groups excluding carboxylic acids is 2. The third kappa shape index (κ3) is 5.57. The first kappa shape index (κ1) is 16.3. The summed E-state index contributed by atoms with van der Waals surface area (Å²) < 4.78 is 0. The Morgan fingerprint density at radius 3 is 2.33 bits per heavy atom. The van der Waals surface area contributed by atoms with Gasteiger partial charge in [-0.2, -0.15) is 0 Å². The maximum Gasteiger partial charge on any atom is 0.331 e. The van der Waals surface area contributed by atoms with Crippen LogP contribution in [-0.4, -0.2) is 22.6 Å². The number of Topliss-reactive ketones (excluding diaryl/α,β-unsaturated/α-hetero) is 1. The van der Waals surface area contributed by atoms with Crippen molar-refractivity contribution in [3.63, 3.8) is 0 Å². The van der Waals surface area contributed by atoms with Gasteiger partial charge in [-0.15, -0.1) is 0 Å². The molecule has 0 aromatic rings. The normalized spacial score (nSPS) is 12.9. The minimum absolute atomic E-state index is 0.130. The summed E-state index contributed by atoms with van der Waals surface area (Å²) in [6.07, 6.45) is 4.84. The molecule has 0 aliphatic rings. The fraction of sp³-hybridized carbons (Fsp3) is 0.500. The lowest BCUT2D eigenvalue weighted by Crippen LogP contribution is -2.19. The van der Waals surface area contributed by atoms with E-state index in [2.05, 4.69) is 6.58 Å². The summed E-state index contributed by atoms with van der Waals surface area (Å²) >= 11 is 0. The van der Waals surface area contributed by atoms with Gasteiger partial charge in [0.2, 0.25) is 0 Å². The molecule has 0 aliphatic heterocycles. The predicted molar refractivity (Wildman–Crippen MR) is 69.2 cm³/mol. The lowest BCUT2D eigenvalue weighted by molar-refractivity contribution is -0.133. The van der Waals surface area contributed by atoms with Crippen molar-refractivity contribution in [2.24, 2.45) is 5.92 Å². The van der Waals surface area contributed by atoms with Gasteiger partial charge in [-0.05, 0) is 32.3 Å². The van der Waals surface area contributed by atoms with Crippen molar-refractivity contribution >= 4 is 17.5 Å². The van der Waals surface area contributed by atoms with Crippen LogP contribution in [0.4, 0.5) is 0 Å². The number of carboxylic acids is 1. The average Bonchev–Trinajstić information content (AvgIpc) is 2.31. The molecule has 1 N–H and O–H groups in total. The van der Waals surface area contributed by atoms with Gasteiger partial charge in [0.15, 0.2) is 5.78 Å². The molecule has 0 aromatic carbocycles. The Morgan fingerprint density at radius 1 is 1.33 bits per heavy atom. The van der Waals surface area contributed by atoms with Crippen molar-refractivity contribution in [2.75, 3.05) is 0 Å². The highest BCUT2D eigenvalue weighted by molar-refractivity contribution is 6.06. The smallest absolute Gasteiger partial charge is 0.331 e. The highest BCUT2D eigenvalue weighted by Gasteiger charge is 2.20. The van der Waals surface area contributed by atoms with Crippen molar-refractivity contribution in [1.29, 1.82) is 0 Å². The van der Waals surface area contributed by atoms with Crippen LogP contribution < -0.4 is 0 Å². The van der Waals surface area contributed by atoms with Crippen LogP contribution in [0.5, 0.6) is 0 Å². The molecule has 4 nitrogen and oxygen atoms in total. The number of hydrogen-bond acceptors (Lipinski definition) is 3. The molecule has 100 valence electrons. The highest BCUT2D eigenvalue weighted by atomic mass is 16.4. The van der Waals surface area contributed by atoms with E-state index < -0.39 is 11.9 Å². The monoisotopic (exact) mass is 252 g/mol. The van der Waals surface area contributed by atoms with Crippen LogP contribution >= 0.6 is 0 Å². The highest BCUT2D eigenvalue weighted by Crippen LogP contribution is 2.14. The SMILES string of the molecule is C=CC(=O)C(CC=C(CCCC)C(=O)O)C(C)=O. The summed E-state index contributed by atoms with van der Waals surface area (Å²) in [5.74, 6) is -2.43. The molecule has 0 aromatic heterocycles. The number of allylic oxidation sites excluding steroid dienone is 2. The van der Waals surface area contributed by atoms with Gasteiger partial charge in [0.05, 0.1) is 5.92 Å². The van der Waals surface area contributed by atoms with Crippen LogP contribution in [0.2, 0.25) is 0 Å². The van der Waals surface area contributed by atoms with Crippen LogP contribution in [0, 0.1) is 5.92 Å². The second kappa shape index (κ2) is 8.39. The lowest BCUT2D eigenvalue weighted by atomic mass is 9.94. The Hall–Kier alpha value is -1.71. The molecular weight excluding hydrogens is 232 g/mol. The molecule has 0 radical (unpaired) electrons. The van der Waals surface area contributed by atoms with Crippen LogP contribution in [0.3, 0.4) is 0 Å². The quantitative estimate of drug-likeness (QED) is 0.505. The topological polar surface area (TPSA) is 71.4 Å². The molecule has 18 heavy (non-hydrogen) atoms. The van der Waals surface area contributed by atoms with Crippen LogP contribution in [0.15, 0.2) is 24.3 Å². The van der Waals surface area contributed by atoms with E-state index in [4.69, 9.17) is 5.11 Å². The molecule has 0 rings (SSSR count). The summed E-state index contributed by atoms with van der Waals surface area (Å²) in [4.78, 5) is 33.7. The number of ketones is 2. The number of aliphatic carboxylic acids is 1. The largest absolute Gasteiger partial charge is 0.478 e. The van der Waals surface area contributed by atoms with Gasteiger partial charge in [0.1, 0.15) is 5.78 Å². The van der Waals surface area contributed by atoms with Crippen LogP contribution in [0.1, 0.15) is 39.5 Å². The molecule has 0 bridgehead atoms. The fourth-order valence-corrected chi connectivity index (χ4v) is 1.55. The summed E-state index contributed by atoms with van der Waals surface area (Å²) in [6.45, 7) is 6.63. The Balaban J connectivity index is 4.79.